The summed E-state index contributed by atoms with van der Waals surface area (Å²) in [6, 6.07) is 5.39. The average Bonchev–Trinajstić information content (AvgIpc) is 3.36. The number of rotatable bonds is 4. The number of furan rings is 1. The standard InChI is InChI=1S/C20H23N5O3/c1-12-5-7-13(8-6-12)24(2)20(27)14-10-15(16-4-3-9-28-16)25-11-22-17(18(21)26)19(25)23-14/h3-4,9-13H,5-8H2,1-2H3,(H2,21,26). The van der Waals surface area contributed by atoms with Crippen molar-refractivity contribution in [3.05, 3.63) is 42.2 Å². The fourth-order valence-electron chi connectivity index (χ4n) is 3.84. The molecule has 0 saturated heterocycles. The molecule has 0 aliphatic heterocycles. The van der Waals surface area contributed by atoms with Gasteiger partial charge in [-0.3, -0.25) is 14.0 Å². The van der Waals surface area contributed by atoms with Gasteiger partial charge in [0.05, 0.1) is 12.0 Å². The summed E-state index contributed by atoms with van der Waals surface area (Å²) >= 11 is 0. The van der Waals surface area contributed by atoms with E-state index >= 15 is 0 Å². The smallest absolute Gasteiger partial charge is 0.272 e. The second-order valence-corrected chi connectivity index (χ2v) is 7.48. The average molecular weight is 381 g/mol. The molecule has 4 rings (SSSR count). The van der Waals surface area contributed by atoms with Crippen LogP contribution in [0, 0.1) is 5.92 Å². The van der Waals surface area contributed by atoms with E-state index in [2.05, 4.69) is 16.9 Å². The quantitative estimate of drug-likeness (QED) is 0.748. The lowest BCUT2D eigenvalue weighted by atomic mass is 9.86. The summed E-state index contributed by atoms with van der Waals surface area (Å²) in [7, 11) is 1.81. The molecule has 28 heavy (non-hydrogen) atoms. The molecule has 3 heterocycles. The Morgan fingerprint density at radius 2 is 2.04 bits per heavy atom. The van der Waals surface area contributed by atoms with Crippen LogP contribution in [0.1, 0.15) is 53.6 Å². The number of fused-ring (bicyclic) bond motifs is 1. The Kier molecular flexibility index (Phi) is 4.62. The van der Waals surface area contributed by atoms with Gasteiger partial charge in [-0.15, -0.1) is 0 Å². The molecule has 2 N–H and O–H groups in total. The molecule has 1 aliphatic carbocycles. The summed E-state index contributed by atoms with van der Waals surface area (Å²) in [5.41, 5.74) is 6.53. The maximum atomic E-state index is 13.2. The predicted octanol–water partition coefficient (Wildman–Crippen LogP) is 2.74. The first-order chi connectivity index (χ1) is 13.5. The van der Waals surface area contributed by atoms with E-state index in [1.165, 1.54) is 6.33 Å². The number of primary amides is 1. The van der Waals surface area contributed by atoms with Crippen LogP contribution in [0.15, 0.2) is 35.2 Å². The fourth-order valence-corrected chi connectivity index (χ4v) is 3.84. The molecule has 0 bridgehead atoms. The number of nitrogens with two attached hydrogens (primary N) is 1. The van der Waals surface area contributed by atoms with Crippen molar-refractivity contribution in [1.82, 2.24) is 19.3 Å². The van der Waals surface area contributed by atoms with E-state index in [1.54, 1.807) is 33.8 Å². The van der Waals surface area contributed by atoms with E-state index in [0.29, 0.717) is 17.4 Å². The van der Waals surface area contributed by atoms with Gasteiger partial charge in [-0.1, -0.05) is 6.92 Å². The zero-order valence-electron chi connectivity index (χ0n) is 16.0. The number of nitrogens with zero attached hydrogens (tertiary/aromatic N) is 4. The van der Waals surface area contributed by atoms with Crippen LogP contribution in [0.5, 0.6) is 0 Å². The number of imidazole rings is 1. The number of hydrogen-bond acceptors (Lipinski definition) is 5. The van der Waals surface area contributed by atoms with E-state index in [1.807, 2.05) is 7.05 Å². The Morgan fingerprint density at radius 1 is 1.29 bits per heavy atom. The largest absolute Gasteiger partial charge is 0.463 e. The molecule has 0 aromatic carbocycles. The van der Waals surface area contributed by atoms with Crippen LogP contribution in [0.25, 0.3) is 17.1 Å². The summed E-state index contributed by atoms with van der Waals surface area (Å²) in [5, 5.41) is 0. The third kappa shape index (κ3) is 3.15. The van der Waals surface area contributed by atoms with E-state index in [0.717, 1.165) is 25.7 Å². The van der Waals surface area contributed by atoms with Gasteiger partial charge in [-0.25, -0.2) is 9.97 Å². The lowest BCUT2D eigenvalue weighted by molar-refractivity contribution is 0.0673. The minimum absolute atomic E-state index is 0.0246. The van der Waals surface area contributed by atoms with Gasteiger partial charge in [0.15, 0.2) is 17.1 Å². The molecule has 0 radical (unpaired) electrons. The van der Waals surface area contributed by atoms with E-state index < -0.39 is 5.91 Å². The molecule has 146 valence electrons. The molecule has 2 amide bonds. The van der Waals surface area contributed by atoms with Crippen molar-refractivity contribution < 1.29 is 14.0 Å². The first-order valence-electron chi connectivity index (χ1n) is 9.44. The minimum Gasteiger partial charge on any atom is -0.463 e. The molecule has 8 heteroatoms. The van der Waals surface area contributed by atoms with Gasteiger partial charge in [0.1, 0.15) is 12.0 Å². The summed E-state index contributed by atoms with van der Waals surface area (Å²) in [6.07, 6.45) is 7.19. The number of carbonyl (C=O) groups excluding carboxylic acids is 2. The number of carbonyl (C=O) groups is 2. The van der Waals surface area contributed by atoms with Gasteiger partial charge in [0, 0.05) is 13.1 Å². The number of amides is 2. The van der Waals surface area contributed by atoms with Crippen molar-refractivity contribution in [3.8, 4) is 11.5 Å². The molecule has 3 aromatic heterocycles. The van der Waals surface area contributed by atoms with Gasteiger partial charge in [0.2, 0.25) is 0 Å². The predicted molar refractivity (Wildman–Crippen MR) is 103 cm³/mol. The Labute approximate surface area is 162 Å². The zero-order valence-corrected chi connectivity index (χ0v) is 16.0. The summed E-state index contributed by atoms with van der Waals surface area (Å²) in [4.78, 5) is 35.2. The van der Waals surface area contributed by atoms with E-state index in [4.69, 9.17) is 10.2 Å². The monoisotopic (exact) mass is 381 g/mol. The third-order valence-corrected chi connectivity index (χ3v) is 5.58. The van der Waals surface area contributed by atoms with Crippen molar-refractivity contribution in [2.24, 2.45) is 11.7 Å². The zero-order chi connectivity index (χ0) is 19.8. The second-order valence-electron chi connectivity index (χ2n) is 7.48. The number of aromatic nitrogens is 3. The maximum absolute atomic E-state index is 13.2. The highest BCUT2D eigenvalue weighted by Crippen LogP contribution is 2.28. The van der Waals surface area contributed by atoms with Gasteiger partial charge >= 0.3 is 0 Å². The van der Waals surface area contributed by atoms with Gasteiger partial charge < -0.3 is 15.1 Å². The molecule has 3 aromatic rings. The Bertz CT molecular complexity index is 1020. The van der Waals surface area contributed by atoms with Crippen molar-refractivity contribution in [2.45, 2.75) is 38.6 Å². The molecule has 0 spiro atoms. The first kappa shape index (κ1) is 18.2. The highest BCUT2D eigenvalue weighted by atomic mass is 16.3. The van der Waals surface area contributed by atoms with E-state index in [-0.39, 0.29) is 29.0 Å². The molecule has 0 unspecified atom stereocenters. The van der Waals surface area contributed by atoms with Crippen LogP contribution in [-0.2, 0) is 0 Å². The van der Waals surface area contributed by atoms with Gasteiger partial charge in [0.25, 0.3) is 11.8 Å². The van der Waals surface area contributed by atoms with Crippen LogP contribution in [0.3, 0.4) is 0 Å². The fraction of sp³-hybridized carbons (Fsp3) is 0.400. The molecule has 1 fully saturated rings. The Hall–Kier alpha value is -3.16. The van der Waals surface area contributed by atoms with Crippen molar-refractivity contribution in [2.75, 3.05) is 7.05 Å². The van der Waals surface area contributed by atoms with Gasteiger partial charge in [-0.2, -0.15) is 0 Å². The summed E-state index contributed by atoms with van der Waals surface area (Å²) in [5.74, 6) is 0.361. The Morgan fingerprint density at radius 3 is 2.68 bits per heavy atom. The topological polar surface area (TPSA) is 107 Å². The normalized spacial score (nSPS) is 19.6. The lowest BCUT2D eigenvalue weighted by Crippen LogP contribution is -2.39. The molecule has 1 aliphatic rings. The van der Waals surface area contributed by atoms with Gasteiger partial charge in [-0.05, 0) is 49.8 Å². The van der Waals surface area contributed by atoms with Crippen molar-refractivity contribution in [3.63, 3.8) is 0 Å². The molecule has 8 nitrogen and oxygen atoms in total. The lowest BCUT2D eigenvalue weighted by Gasteiger charge is -2.33. The van der Waals surface area contributed by atoms with Crippen LogP contribution >= 0.6 is 0 Å². The van der Waals surface area contributed by atoms with E-state index in [9.17, 15) is 9.59 Å². The SMILES string of the molecule is CC1CCC(N(C)C(=O)c2cc(-c3ccco3)n3cnc(C(N)=O)c3n2)CC1. The van der Waals surface area contributed by atoms with Crippen molar-refractivity contribution >= 4 is 17.5 Å². The highest BCUT2D eigenvalue weighted by Gasteiger charge is 2.28. The first-order valence-corrected chi connectivity index (χ1v) is 9.44. The number of hydrogen-bond donors (Lipinski definition) is 1. The van der Waals surface area contributed by atoms with Crippen LogP contribution < -0.4 is 5.73 Å². The summed E-state index contributed by atoms with van der Waals surface area (Å²) in [6.45, 7) is 2.24. The van der Waals surface area contributed by atoms with Crippen molar-refractivity contribution in [1.29, 1.82) is 0 Å². The minimum atomic E-state index is -0.695. The highest BCUT2D eigenvalue weighted by molar-refractivity contribution is 5.99. The van der Waals surface area contributed by atoms with Crippen LogP contribution in [0.2, 0.25) is 0 Å². The Balaban J connectivity index is 1.77. The van der Waals surface area contributed by atoms with Crippen LogP contribution in [-0.4, -0.2) is 44.2 Å². The molecular formula is C20H23N5O3. The summed E-state index contributed by atoms with van der Waals surface area (Å²) < 4.78 is 7.11. The maximum Gasteiger partial charge on any atom is 0.272 e. The molecular weight excluding hydrogens is 358 g/mol. The van der Waals surface area contributed by atoms with Crippen LogP contribution in [0.4, 0.5) is 0 Å². The molecule has 1 saturated carbocycles. The second kappa shape index (κ2) is 7.10. The molecule has 0 atom stereocenters. The third-order valence-electron chi connectivity index (χ3n) is 5.58.